The number of aromatic nitrogens is 2. The molecule has 1 heterocycles. The van der Waals surface area contributed by atoms with E-state index in [0.29, 0.717) is 0 Å². The van der Waals surface area contributed by atoms with Crippen LogP contribution in [-0.4, -0.2) is 15.3 Å². The van der Waals surface area contributed by atoms with E-state index in [9.17, 15) is 5.11 Å². The number of phenolic OH excluding ortho intramolecular Hbond substituents is 1. The molecule has 0 fully saturated rings. The van der Waals surface area contributed by atoms with Crippen LogP contribution in [0.2, 0.25) is 0 Å². The van der Waals surface area contributed by atoms with Crippen molar-refractivity contribution in [2.45, 2.75) is 12.3 Å². The third-order valence-corrected chi connectivity index (χ3v) is 3.37. The van der Waals surface area contributed by atoms with Gasteiger partial charge in [0.1, 0.15) is 15.8 Å². The Hall–Kier alpha value is -1.13. The Morgan fingerprint density at radius 1 is 1.40 bits per heavy atom. The van der Waals surface area contributed by atoms with Gasteiger partial charge in [-0.15, -0.1) is 21.8 Å². The Balaban J connectivity index is 2.37. The zero-order valence-electron chi connectivity index (χ0n) is 8.01. The summed E-state index contributed by atoms with van der Waals surface area (Å²) in [5.41, 5.74) is 0.857. The first-order chi connectivity index (χ1) is 7.16. The Bertz CT molecular complexity index is 470. The lowest BCUT2D eigenvalue weighted by Crippen LogP contribution is -1.80. The molecule has 0 aliphatic carbocycles. The molecule has 0 amide bonds. The molecule has 1 atom stereocenters. The molecule has 2 rings (SSSR count). The van der Waals surface area contributed by atoms with E-state index in [-0.39, 0.29) is 11.1 Å². The maximum absolute atomic E-state index is 9.32. The normalized spacial score (nSPS) is 12.7. The van der Waals surface area contributed by atoms with Crippen LogP contribution in [0.15, 0.2) is 24.3 Å². The molecule has 0 saturated heterocycles. The second-order valence-corrected chi connectivity index (χ2v) is 4.78. The molecular formula is C10H9ClN2OS. The maximum atomic E-state index is 9.32. The fourth-order valence-corrected chi connectivity index (χ4v) is 2.10. The zero-order valence-corrected chi connectivity index (χ0v) is 9.59. The van der Waals surface area contributed by atoms with Crippen LogP contribution in [0, 0.1) is 0 Å². The van der Waals surface area contributed by atoms with Gasteiger partial charge >= 0.3 is 0 Å². The summed E-state index contributed by atoms with van der Waals surface area (Å²) in [6, 6.07) is 6.93. The largest absolute Gasteiger partial charge is 0.508 e. The fourth-order valence-electron chi connectivity index (χ4n) is 1.15. The number of phenols is 1. The fraction of sp³-hybridized carbons (Fsp3) is 0.200. The molecule has 15 heavy (non-hydrogen) atoms. The second kappa shape index (κ2) is 4.16. The van der Waals surface area contributed by atoms with E-state index in [1.807, 2.05) is 13.0 Å². The van der Waals surface area contributed by atoms with Gasteiger partial charge in [0.05, 0.1) is 5.38 Å². The molecule has 5 heteroatoms. The van der Waals surface area contributed by atoms with Gasteiger partial charge in [-0.25, -0.2) is 0 Å². The van der Waals surface area contributed by atoms with E-state index < -0.39 is 0 Å². The summed E-state index contributed by atoms with van der Waals surface area (Å²) in [5.74, 6) is 0.225. The first-order valence-corrected chi connectivity index (χ1v) is 5.69. The molecule has 0 spiro atoms. The smallest absolute Gasteiger partial charge is 0.147 e. The number of rotatable bonds is 2. The minimum Gasteiger partial charge on any atom is -0.508 e. The first-order valence-electron chi connectivity index (χ1n) is 4.43. The highest BCUT2D eigenvalue weighted by Gasteiger charge is 2.10. The first kappa shape index (κ1) is 10.4. The number of benzene rings is 1. The van der Waals surface area contributed by atoms with Gasteiger partial charge in [0.15, 0.2) is 0 Å². The molecule has 78 valence electrons. The lowest BCUT2D eigenvalue weighted by atomic mass is 10.2. The molecule has 1 unspecified atom stereocenters. The number of nitrogens with zero attached hydrogens (tertiary/aromatic N) is 2. The third kappa shape index (κ3) is 2.27. The van der Waals surface area contributed by atoms with Crippen molar-refractivity contribution < 1.29 is 5.11 Å². The standard InChI is InChI=1S/C10H9ClN2OS/c1-6(11)9-12-13-10(15-9)7-3-2-4-8(14)5-7/h2-6,14H,1H3. The van der Waals surface area contributed by atoms with Crippen molar-refractivity contribution in [2.75, 3.05) is 0 Å². The van der Waals surface area contributed by atoms with Crippen molar-refractivity contribution in [3.63, 3.8) is 0 Å². The molecule has 0 aliphatic heterocycles. The van der Waals surface area contributed by atoms with Gasteiger partial charge in [-0.1, -0.05) is 23.5 Å². The lowest BCUT2D eigenvalue weighted by molar-refractivity contribution is 0.475. The molecule has 2 aromatic rings. The quantitative estimate of drug-likeness (QED) is 0.820. The number of hydrogen-bond acceptors (Lipinski definition) is 4. The summed E-state index contributed by atoms with van der Waals surface area (Å²) >= 11 is 7.33. The molecule has 0 aliphatic rings. The van der Waals surface area contributed by atoms with Crippen LogP contribution in [0.25, 0.3) is 10.6 Å². The third-order valence-electron chi connectivity index (χ3n) is 1.87. The summed E-state index contributed by atoms with van der Waals surface area (Å²) in [6.07, 6.45) is 0. The van der Waals surface area contributed by atoms with Gasteiger partial charge in [0.2, 0.25) is 0 Å². The predicted octanol–water partition coefficient (Wildman–Crippen LogP) is 3.21. The van der Waals surface area contributed by atoms with Crippen LogP contribution in [0.1, 0.15) is 17.3 Å². The Morgan fingerprint density at radius 3 is 2.80 bits per heavy atom. The van der Waals surface area contributed by atoms with E-state index in [2.05, 4.69) is 10.2 Å². The Morgan fingerprint density at radius 2 is 2.20 bits per heavy atom. The Labute approximate surface area is 96.4 Å². The molecule has 3 nitrogen and oxygen atoms in total. The van der Waals surface area contributed by atoms with Crippen molar-refractivity contribution in [3.8, 4) is 16.3 Å². The summed E-state index contributed by atoms with van der Waals surface area (Å²) in [5, 5.41) is 18.7. The second-order valence-electron chi connectivity index (χ2n) is 3.11. The monoisotopic (exact) mass is 240 g/mol. The summed E-state index contributed by atoms with van der Waals surface area (Å²) < 4.78 is 0. The van der Waals surface area contributed by atoms with Gasteiger partial charge in [-0.05, 0) is 19.1 Å². The van der Waals surface area contributed by atoms with E-state index in [1.165, 1.54) is 11.3 Å². The summed E-state index contributed by atoms with van der Waals surface area (Å²) in [4.78, 5) is 0. The molecule has 0 saturated carbocycles. The van der Waals surface area contributed by atoms with Crippen molar-refractivity contribution in [2.24, 2.45) is 0 Å². The highest BCUT2D eigenvalue weighted by Crippen LogP contribution is 2.30. The van der Waals surface area contributed by atoms with Gasteiger partial charge in [-0.2, -0.15) is 0 Å². The van der Waals surface area contributed by atoms with Crippen molar-refractivity contribution in [1.82, 2.24) is 10.2 Å². The van der Waals surface area contributed by atoms with Gasteiger partial charge in [0.25, 0.3) is 0 Å². The highest BCUT2D eigenvalue weighted by atomic mass is 35.5. The van der Waals surface area contributed by atoms with Crippen LogP contribution < -0.4 is 0 Å². The minimum atomic E-state index is -0.131. The summed E-state index contributed by atoms with van der Waals surface area (Å²) in [6.45, 7) is 1.86. The number of alkyl halides is 1. The van der Waals surface area contributed by atoms with E-state index in [4.69, 9.17) is 11.6 Å². The topological polar surface area (TPSA) is 46.0 Å². The minimum absolute atomic E-state index is 0.131. The number of aromatic hydroxyl groups is 1. The van der Waals surface area contributed by atoms with Crippen LogP contribution >= 0.6 is 22.9 Å². The summed E-state index contributed by atoms with van der Waals surface area (Å²) in [7, 11) is 0. The SMILES string of the molecule is CC(Cl)c1nnc(-c2cccc(O)c2)s1. The molecule has 1 aromatic carbocycles. The van der Waals surface area contributed by atoms with Crippen molar-refractivity contribution in [3.05, 3.63) is 29.3 Å². The highest BCUT2D eigenvalue weighted by molar-refractivity contribution is 7.15. The van der Waals surface area contributed by atoms with Crippen LogP contribution in [0.3, 0.4) is 0 Å². The zero-order chi connectivity index (χ0) is 10.8. The average molecular weight is 241 g/mol. The van der Waals surface area contributed by atoms with Gasteiger partial charge in [0, 0.05) is 5.56 Å². The molecule has 0 bridgehead atoms. The van der Waals surface area contributed by atoms with E-state index in [1.54, 1.807) is 18.2 Å². The van der Waals surface area contributed by atoms with Crippen molar-refractivity contribution >= 4 is 22.9 Å². The average Bonchev–Trinajstić information content (AvgIpc) is 2.66. The van der Waals surface area contributed by atoms with Gasteiger partial charge in [-0.3, -0.25) is 0 Å². The van der Waals surface area contributed by atoms with E-state index >= 15 is 0 Å². The molecule has 0 radical (unpaired) electrons. The van der Waals surface area contributed by atoms with Crippen LogP contribution in [0.5, 0.6) is 5.75 Å². The molecule has 1 N–H and O–H groups in total. The van der Waals surface area contributed by atoms with Gasteiger partial charge < -0.3 is 5.11 Å². The van der Waals surface area contributed by atoms with Crippen LogP contribution in [-0.2, 0) is 0 Å². The molecule has 1 aromatic heterocycles. The number of halogens is 1. The van der Waals surface area contributed by atoms with E-state index in [0.717, 1.165) is 15.6 Å². The van der Waals surface area contributed by atoms with Crippen LogP contribution in [0.4, 0.5) is 0 Å². The predicted molar refractivity (Wildman–Crippen MR) is 61.3 cm³/mol. The maximum Gasteiger partial charge on any atom is 0.147 e. The lowest BCUT2D eigenvalue weighted by Gasteiger charge is -1.95. The molecular weight excluding hydrogens is 232 g/mol. The van der Waals surface area contributed by atoms with Crippen molar-refractivity contribution in [1.29, 1.82) is 0 Å². The Kier molecular flexibility index (Phi) is 2.88. The number of hydrogen-bond donors (Lipinski definition) is 1.